The van der Waals surface area contributed by atoms with Gasteiger partial charge in [-0.3, -0.25) is 19.6 Å². The number of rotatable bonds is 15. The number of alkyl carbamates (subject to hydrolysis) is 1. The van der Waals surface area contributed by atoms with Crippen LogP contribution in [0.1, 0.15) is 96.0 Å². The van der Waals surface area contributed by atoms with Crippen molar-refractivity contribution in [3.05, 3.63) is 88.0 Å². The molecule has 3 N–H and O–H groups in total. The third kappa shape index (κ3) is 12.2. The Hall–Kier alpha value is -6.04. The second-order valence-corrected chi connectivity index (χ2v) is 20.9. The molecule has 2 aliphatic rings. The molecular weight excluding hydrogens is 897 g/mol. The van der Waals surface area contributed by atoms with Crippen LogP contribution >= 0.6 is 11.3 Å². The first-order valence-electron chi connectivity index (χ1n) is 23.9. The minimum absolute atomic E-state index is 0.0126. The van der Waals surface area contributed by atoms with E-state index < -0.39 is 41.1 Å². The largest absolute Gasteiger partial charge is 0.468 e. The zero-order chi connectivity index (χ0) is 49.6. The molecule has 3 aromatic heterocycles. The lowest BCUT2D eigenvalue weighted by molar-refractivity contribution is -0.150. The lowest BCUT2D eigenvalue weighted by Gasteiger charge is -2.35. The number of thiazole rings is 1. The van der Waals surface area contributed by atoms with Gasteiger partial charge in [0.2, 0.25) is 0 Å². The molecule has 16 nitrogen and oxygen atoms in total. The van der Waals surface area contributed by atoms with Gasteiger partial charge in [-0.15, -0.1) is 11.3 Å². The molecule has 2 saturated heterocycles. The summed E-state index contributed by atoms with van der Waals surface area (Å²) in [6, 6.07) is 16.6. The highest BCUT2D eigenvalue weighted by molar-refractivity contribution is 7.10. The molecule has 5 aromatic rings. The van der Waals surface area contributed by atoms with E-state index >= 15 is 0 Å². The molecule has 3 amide bonds. The number of fused-ring (bicyclic) bond motifs is 1. The summed E-state index contributed by atoms with van der Waals surface area (Å²) in [6.07, 6.45) is 2.66. The van der Waals surface area contributed by atoms with Crippen LogP contribution in [0.4, 0.5) is 15.3 Å². The number of aliphatic hydroxyl groups is 1. The number of amides is 3. The topological polar surface area (TPSA) is 181 Å². The molecule has 2 atom stereocenters. The Morgan fingerprint density at radius 1 is 0.986 bits per heavy atom. The van der Waals surface area contributed by atoms with Crippen LogP contribution in [0.3, 0.4) is 0 Å². The first kappa shape index (κ1) is 50.8. The maximum atomic E-state index is 14.1. The minimum atomic E-state index is -1.04. The highest BCUT2D eigenvalue weighted by Gasteiger charge is 2.35. The molecule has 0 aliphatic carbocycles. The van der Waals surface area contributed by atoms with Gasteiger partial charge >= 0.3 is 18.2 Å². The first-order chi connectivity index (χ1) is 32.9. The normalized spacial score (nSPS) is 16.2. The zero-order valence-corrected chi connectivity index (χ0v) is 42.3. The van der Waals surface area contributed by atoms with Crippen LogP contribution in [0, 0.1) is 5.41 Å². The highest BCUT2D eigenvalue weighted by Crippen LogP contribution is 2.43. The van der Waals surface area contributed by atoms with Crippen molar-refractivity contribution in [2.45, 2.75) is 118 Å². The van der Waals surface area contributed by atoms with E-state index in [4.69, 9.17) is 24.2 Å². The van der Waals surface area contributed by atoms with Gasteiger partial charge in [-0.25, -0.2) is 20.0 Å². The zero-order valence-electron chi connectivity index (χ0n) is 41.5. The van der Waals surface area contributed by atoms with Gasteiger partial charge in [0.1, 0.15) is 24.3 Å². The number of carbonyl (C=O) groups excluding carboxylic acids is 4. The number of piperazine rings is 1. The van der Waals surface area contributed by atoms with Crippen LogP contribution in [0.5, 0.6) is 0 Å². The predicted octanol–water partition coefficient (Wildman–Crippen LogP) is 8.09. The van der Waals surface area contributed by atoms with Gasteiger partial charge in [0.15, 0.2) is 0 Å². The molecule has 2 fully saturated rings. The summed E-state index contributed by atoms with van der Waals surface area (Å²) in [5.41, 5.74) is 10.5. The fourth-order valence-corrected chi connectivity index (χ4v) is 9.84. The molecular formula is C52H68N8O8S. The second-order valence-electron chi connectivity index (χ2n) is 20.0. The number of hydrazine groups is 1. The van der Waals surface area contributed by atoms with E-state index in [1.54, 1.807) is 25.7 Å². The van der Waals surface area contributed by atoms with Crippen molar-refractivity contribution >= 4 is 52.0 Å². The second kappa shape index (κ2) is 21.7. The number of aromatic nitrogens is 3. The summed E-state index contributed by atoms with van der Waals surface area (Å²) < 4.78 is 18.5. The molecule has 0 saturated carbocycles. The molecule has 2 aromatic carbocycles. The van der Waals surface area contributed by atoms with E-state index in [0.29, 0.717) is 63.5 Å². The SMILES string of the molecule is CCn1c(-c2cc(N3CCN(C(=O)OCc4ccccc4)CC3)cnc2C(C)C)c(CC(C)(C)CO)c2cc(-c3csc(C[C@H](NC(=O)OC(C)(C)C)C(=O)N4CCC[C@@H](C(=O)OC)N4)n3)ccc21. The number of carbonyl (C=O) groups is 4. The number of benzene rings is 2. The van der Waals surface area contributed by atoms with Gasteiger partial charge in [-0.05, 0) is 87.6 Å². The molecule has 0 unspecified atom stereocenters. The standard InChI is InChI=1S/C52H68N8O8S/c1-10-59-43-19-18-35(42-31-69-44(54-42)27-41(55-49(64)68-51(4,5)6)47(62)60-20-14-17-40(56-60)48(63)66-9)25-37(43)39(28-52(7,8)32-61)46(59)38-26-36(29-53-45(38)33(2)3)57-21-23-58(24-22-57)50(65)67-30-34-15-12-11-13-16-34/h11-13,15-16,18-19,25-26,29,31,33,40-41,56,61H,10,14,17,20-24,27-28,30,32H2,1-9H3,(H,55,64)/t40-,41-/m0/s1. The number of hydrogen-bond acceptors (Lipinski definition) is 13. The number of aliphatic hydroxyl groups excluding tert-OH is 1. The number of esters is 1. The van der Waals surface area contributed by atoms with Crippen LogP contribution < -0.4 is 15.6 Å². The number of anilines is 1. The van der Waals surface area contributed by atoms with Crippen molar-refractivity contribution in [2.24, 2.45) is 5.41 Å². The number of nitrogens with one attached hydrogen (secondary N) is 2. The van der Waals surface area contributed by atoms with Crippen molar-refractivity contribution in [3.63, 3.8) is 0 Å². The summed E-state index contributed by atoms with van der Waals surface area (Å²) in [5.74, 6) is -0.777. The Bertz CT molecular complexity index is 2610. The number of pyridine rings is 1. The Morgan fingerprint density at radius 2 is 1.72 bits per heavy atom. The monoisotopic (exact) mass is 964 g/mol. The molecule has 17 heteroatoms. The smallest absolute Gasteiger partial charge is 0.410 e. The molecule has 0 bridgehead atoms. The average Bonchev–Trinajstić information content (AvgIpc) is 3.93. The minimum Gasteiger partial charge on any atom is -0.468 e. The van der Waals surface area contributed by atoms with E-state index in [1.807, 2.05) is 41.9 Å². The Kier molecular flexibility index (Phi) is 16.0. The van der Waals surface area contributed by atoms with Crippen molar-refractivity contribution in [1.29, 1.82) is 0 Å². The Labute approximate surface area is 409 Å². The van der Waals surface area contributed by atoms with E-state index in [9.17, 15) is 24.3 Å². The van der Waals surface area contributed by atoms with Gasteiger partial charge in [-0.1, -0.05) is 64.1 Å². The van der Waals surface area contributed by atoms with Crippen molar-refractivity contribution in [3.8, 4) is 22.5 Å². The van der Waals surface area contributed by atoms with Crippen LogP contribution in [0.25, 0.3) is 33.4 Å². The molecule has 5 heterocycles. The fraction of sp³-hybridized carbons (Fsp3) is 0.500. The summed E-state index contributed by atoms with van der Waals surface area (Å²) in [7, 11) is 1.31. The maximum absolute atomic E-state index is 14.1. The van der Waals surface area contributed by atoms with Crippen molar-refractivity contribution in [1.82, 2.24) is 35.2 Å². The molecule has 2 aliphatic heterocycles. The van der Waals surface area contributed by atoms with E-state index in [-0.39, 0.29) is 31.6 Å². The van der Waals surface area contributed by atoms with E-state index in [2.05, 4.69) is 79.1 Å². The lowest BCUT2D eigenvalue weighted by atomic mass is 9.84. The van der Waals surface area contributed by atoms with Gasteiger partial charge in [0.05, 0.1) is 41.1 Å². The van der Waals surface area contributed by atoms with Gasteiger partial charge in [-0.2, -0.15) is 0 Å². The number of hydrogen-bond donors (Lipinski definition) is 3. The van der Waals surface area contributed by atoms with Gasteiger partial charge < -0.3 is 39.0 Å². The Balaban J connectivity index is 1.20. The third-order valence-corrected chi connectivity index (χ3v) is 13.4. The quantitative estimate of drug-likeness (QED) is 0.0679. The number of methoxy groups -OCH3 is 1. The van der Waals surface area contributed by atoms with Crippen LogP contribution in [0.15, 0.2) is 66.2 Å². The van der Waals surface area contributed by atoms with Gasteiger partial charge in [0.25, 0.3) is 5.91 Å². The average molecular weight is 965 g/mol. The van der Waals surface area contributed by atoms with Crippen molar-refractivity contribution < 1.29 is 38.5 Å². The lowest BCUT2D eigenvalue weighted by Crippen LogP contribution is -2.60. The summed E-state index contributed by atoms with van der Waals surface area (Å²) in [5, 5.41) is 18.5. The summed E-state index contributed by atoms with van der Waals surface area (Å²) in [4.78, 5) is 66.9. The van der Waals surface area contributed by atoms with Crippen LogP contribution in [-0.2, 0) is 49.8 Å². The molecule has 0 spiro atoms. The predicted molar refractivity (Wildman–Crippen MR) is 268 cm³/mol. The number of aryl methyl sites for hydroxylation is 1. The third-order valence-electron chi connectivity index (χ3n) is 12.5. The molecule has 0 radical (unpaired) electrons. The maximum Gasteiger partial charge on any atom is 0.410 e. The molecule has 69 heavy (non-hydrogen) atoms. The Morgan fingerprint density at radius 3 is 2.39 bits per heavy atom. The highest BCUT2D eigenvalue weighted by atomic mass is 32.1. The van der Waals surface area contributed by atoms with Crippen LogP contribution in [-0.4, -0.2) is 118 Å². The number of ether oxygens (including phenoxy) is 3. The fourth-order valence-electron chi connectivity index (χ4n) is 8.99. The molecule has 7 rings (SSSR count). The number of nitrogens with zero attached hydrogens (tertiary/aromatic N) is 6. The van der Waals surface area contributed by atoms with Crippen molar-refractivity contribution in [2.75, 3.05) is 51.3 Å². The van der Waals surface area contributed by atoms with E-state index in [1.165, 1.54) is 23.5 Å². The van der Waals surface area contributed by atoms with Gasteiger partial charge in [0, 0.05) is 79.7 Å². The van der Waals surface area contributed by atoms with E-state index in [0.717, 1.165) is 55.9 Å². The first-order valence-corrected chi connectivity index (χ1v) is 24.8. The van der Waals surface area contributed by atoms with Crippen LogP contribution in [0.2, 0.25) is 0 Å². The summed E-state index contributed by atoms with van der Waals surface area (Å²) >= 11 is 1.39. The summed E-state index contributed by atoms with van der Waals surface area (Å²) in [6.45, 7) is 19.4. The molecule has 370 valence electrons.